The van der Waals surface area contributed by atoms with E-state index in [1.807, 2.05) is 42.5 Å². The fourth-order valence-electron chi connectivity index (χ4n) is 2.66. The van der Waals surface area contributed by atoms with Crippen molar-refractivity contribution >= 4 is 22.6 Å². The predicted octanol–water partition coefficient (Wildman–Crippen LogP) is 5.09. The van der Waals surface area contributed by atoms with E-state index in [0.717, 1.165) is 10.9 Å². The van der Waals surface area contributed by atoms with Gasteiger partial charge in [0.05, 0.1) is 11.3 Å². The smallest absolute Gasteiger partial charge is 0.345 e. The molecule has 4 rings (SSSR count). The van der Waals surface area contributed by atoms with Gasteiger partial charge in [-0.1, -0.05) is 35.9 Å². The van der Waals surface area contributed by atoms with E-state index in [4.69, 9.17) is 20.8 Å². The Morgan fingerprint density at radius 3 is 2.65 bits per heavy atom. The summed E-state index contributed by atoms with van der Waals surface area (Å²) >= 11 is 6.14. The van der Waals surface area contributed by atoms with E-state index < -0.39 is 5.63 Å². The Morgan fingerprint density at radius 2 is 1.85 bits per heavy atom. The number of halogens is 1. The Balaban J connectivity index is 1.64. The van der Waals surface area contributed by atoms with Gasteiger partial charge in [0, 0.05) is 28.2 Å². The van der Waals surface area contributed by atoms with Crippen molar-refractivity contribution < 1.29 is 9.15 Å². The Hall–Kier alpha value is -3.11. The highest BCUT2D eigenvalue weighted by atomic mass is 35.5. The number of benzene rings is 2. The molecular weight excluding hydrogens is 350 g/mol. The maximum Gasteiger partial charge on any atom is 0.345 e. The SMILES string of the molecule is O=c1oc2cc(OCc3ccccc3Cl)ccc2cc1-c1ccccn1. The quantitative estimate of drug-likeness (QED) is 0.474. The van der Waals surface area contributed by atoms with E-state index in [-0.39, 0.29) is 0 Å². The molecule has 0 spiro atoms. The monoisotopic (exact) mass is 363 g/mol. The van der Waals surface area contributed by atoms with Crippen LogP contribution in [-0.2, 0) is 6.61 Å². The molecular formula is C21H14ClNO3. The van der Waals surface area contributed by atoms with Crippen LogP contribution in [0.15, 0.2) is 82.1 Å². The first-order valence-electron chi connectivity index (χ1n) is 8.06. The number of hydrogen-bond acceptors (Lipinski definition) is 4. The second-order valence-corrected chi connectivity index (χ2v) is 6.15. The average molecular weight is 364 g/mol. The van der Waals surface area contributed by atoms with Gasteiger partial charge in [-0.05, 0) is 36.4 Å². The van der Waals surface area contributed by atoms with Crippen LogP contribution in [0, 0.1) is 0 Å². The van der Waals surface area contributed by atoms with E-state index in [9.17, 15) is 4.79 Å². The number of pyridine rings is 1. The number of fused-ring (bicyclic) bond motifs is 1. The lowest BCUT2D eigenvalue weighted by Gasteiger charge is -2.08. The molecule has 4 nitrogen and oxygen atoms in total. The number of nitrogens with zero attached hydrogens (tertiary/aromatic N) is 1. The van der Waals surface area contributed by atoms with E-state index in [0.29, 0.717) is 34.2 Å². The van der Waals surface area contributed by atoms with Crippen molar-refractivity contribution in [2.24, 2.45) is 0 Å². The minimum absolute atomic E-state index is 0.335. The molecule has 0 unspecified atom stereocenters. The first kappa shape index (κ1) is 16.4. The van der Waals surface area contributed by atoms with Crippen LogP contribution in [0.1, 0.15) is 5.56 Å². The van der Waals surface area contributed by atoms with E-state index in [1.54, 1.807) is 30.5 Å². The van der Waals surface area contributed by atoms with Gasteiger partial charge in [-0.3, -0.25) is 4.98 Å². The lowest BCUT2D eigenvalue weighted by atomic mass is 10.1. The summed E-state index contributed by atoms with van der Waals surface area (Å²) in [6.07, 6.45) is 1.64. The van der Waals surface area contributed by atoms with Crippen LogP contribution < -0.4 is 10.4 Å². The molecule has 5 heteroatoms. The predicted molar refractivity (Wildman–Crippen MR) is 101 cm³/mol. The lowest BCUT2D eigenvalue weighted by Crippen LogP contribution is -2.04. The zero-order valence-corrected chi connectivity index (χ0v) is 14.4. The van der Waals surface area contributed by atoms with Crippen LogP contribution in [0.2, 0.25) is 5.02 Å². The molecule has 2 aromatic carbocycles. The van der Waals surface area contributed by atoms with Gasteiger partial charge in [0.25, 0.3) is 0 Å². The molecule has 0 fully saturated rings. The summed E-state index contributed by atoms with van der Waals surface area (Å²) in [4.78, 5) is 16.5. The maximum atomic E-state index is 12.3. The Kier molecular flexibility index (Phi) is 4.42. The summed E-state index contributed by atoms with van der Waals surface area (Å²) in [5, 5.41) is 1.45. The Morgan fingerprint density at radius 1 is 1.00 bits per heavy atom. The third-order valence-electron chi connectivity index (χ3n) is 4.00. The Bertz CT molecular complexity index is 1120. The number of aromatic nitrogens is 1. The molecule has 4 aromatic rings. The molecule has 0 aliphatic carbocycles. The number of rotatable bonds is 4. The topological polar surface area (TPSA) is 52.3 Å². The van der Waals surface area contributed by atoms with Gasteiger partial charge in [0.15, 0.2) is 0 Å². The highest BCUT2D eigenvalue weighted by molar-refractivity contribution is 6.31. The molecule has 0 aliphatic heterocycles. The summed E-state index contributed by atoms with van der Waals surface area (Å²) in [6.45, 7) is 0.335. The third-order valence-corrected chi connectivity index (χ3v) is 4.37. The van der Waals surface area contributed by atoms with Crippen molar-refractivity contribution in [3.63, 3.8) is 0 Å². The zero-order chi connectivity index (χ0) is 17.9. The van der Waals surface area contributed by atoms with Crippen LogP contribution in [0.4, 0.5) is 0 Å². The minimum Gasteiger partial charge on any atom is -0.489 e. The van der Waals surface area contributed by atoms with E-state index in [1.165, 1.54) is 0 Å². The van der Waals surface area contributed by atoms with E-state index in [2.05, 4.69) is 4.98 Å². The summed E-state index contributed by atoms with van der Waals surface area (Å²) in [5.74, 6) is 0.603. The highest BCUT2D eigenvalue weighted by Gasteiger charge is 2.10. The molecule has 2 aromatic heterocycles. The molecule has 0 saturated carbocycles. The molecule has 0 aliphatic rings. The first-order chi connectivity index (χ1) is 12.7. The van der Waals surface area contributed by atoms with Crippen LogP contribution >= 0.6 is 11.6 Å². The third kappa shape index (κ3) is 3.32. The molecule has 2 heterocycles. The summed E-state index contributed by atoms with van der Waals surface area (Å²) in [7, 11) is 0. The standard InChI is InChI=1S/C21H14ClNO3/c22-18-6-2-1-5-15(18)13-25-16-9-8-14-11-17(19-7-3-4-10-23-19)21(24)26-20(14)12-16/h1-12H,13H2. The molecule has 0 atom stereocenters. The van der Waals surface area contributed by atoms with Gasteiger partial charge in [-0.15, -0.1) is 0 Å². The van der Waals surface area contributed by atoms with Crippen molar-refractivity contribution in [1.82, 2.24) is 4.98 Å². The normalized spacial score (nSPS) is 10.8. The van der Waals surface area contributed by atoms with Gasteiger partial charge in [-0.25, -0.2) is 4.79 Å². The van der Waals surface area contributed by atoms with Crippen molar-refractivity contribution in [3.05, 3.63) is 93.9 Å². The summed E-state index contributed by atoms with van der Waals surface area (Å²) in [5.41, 5.74) is 1.94. The molecule has 26 heavy (non-hydrogen) atoms. The van der Waals surface area contributed by atoms with Crippen LogP contribution in [0.5, 0.6) is 5.75 Å². The van der Waals surface area contributed by atoms with E-state index >= 15 is 0 Å². The molecule has 0 bridgehead atoms. The molecule has 0 saturated heterocycles. The molecule has 128 valence electrons. The Labute approximate surface area is 154 Å². The molecule has 0 amide bonds. The summed E-state index contributed by atoms with van der Waals surface area (Å²) in [6, 6.07) is 20.1. The maximum absolute atomic E-state index is 12.3. The van der Waals surface area contributed by atoms with Crippen molar-refractivity contribution in [1.29, 1.82) is 0 Å². The van der Waals surface area contributed by atoms with Crippen LogP contribution in [0.25, 0.3) is 22.2 Å². The fourth-order valence-corrected chi connectivity index (χ4v) is 2.85. The van der Waals surface area contributed by atoms with Crippen molar-refractivity contribution in [2.75, 3.05) is 0 Å². The van der Waals surface area contributed by atoms with Gasteiger partial charge in [0.1, 0.15) is 17.9 Å². The summed E-state index contributed by atoms with van der Waals surface area (Å²) < 4.78 is 11.2. The van der Waals surface area contributed by atoms with Crippen LogP contribution in [0.3, 0.4) is 0 Å². The van der Waals surface area contributed by atoms with Gasteiger partial charge < -0.3 is 9.15 Å². The van der Waals surface area contributed by atoms with Crippen molar-refractivity contribution in [3.8, 4) is 17.0 Å². The second kappa shape index (κ2) is 7.02. The van der Waals surface area contributed by atoms with Gasteiger partial charge >= 0.3 is 5.63 Å². The molecule has 0 radical (unpaired) electrons. The molecule has 0 N–H and O–H groups in total. The average Bonchev–Trinajstić information content (AvgIpc) is 2.67. The fraction of sp³-hybridized carbons (Fsp3) is 0.0476. The largest absolute Gasteiger partial charge is 0.489 e. The van der Waals surface area contributed by atoms with Crippen molar-refractivity contribution in [2.45, 2.75) is 6.61 Å². The zero-order valence-electron chi connectivity index (χ0n) is 13.7. The second-order valence-electron chi connectivity index (χ2n) is 5.74. The first-order valence-corrected chi connectivity index (χ1v) is 8.44. The lowest BCUT2D eigenvalue weighted by molar-refractivity contribution is 0.306. The number of hydrogen-bond donors (Lipinski definition) is 0. The highest BCUT2D eigenvalue weighted by Crippen LogP contribution is 2.25. The van der Waals surface area contributed by atoms with Crippen LogP contribution in [-0.4, -0.2) is 4.98 Å². The van der Waals surface area contributed by atoms with Gasteiger partial charge in [-0.2, -0.15) is 0 Å². The minimum atomic E-state index is -0.431. The number of ether oxygens (including phenoxy) is 1. The van der Waals surface area contributed by atoms with Gasteiger partial charge in [0.2, 0.25) is 0 Å².